The van der Waals surface area contributed by atoms with Crippen LogP contribution in [0.4, 0.5) is 15.8 Å². The summed E-state index contributed by atoms with van der Waals surface area (Å²) in [4.78, 5) is 41.0. The number of hydrogen-bond donors (Lipinski definition) is 1. The number of hydrogen-bond acceptors (Lipinski definition) is 6. The molecule has 1 aliphatic heterocycles. The van der Waals surface area contributed by atoms with Crippen molar-refractivity contribution in [2.24, 2.45) is 0 Å². The van der Waals surface area contributed by atoms with Gasteiger partial charge in [-0.25, -0.2) is 14.1 Å². The highest BCUT2D eigenvalue weighted by atomic mass is 32.2. The third-order valence-corrected chi connectivity index (χ3v) is 6.30. The highest BCUT2D eigenvalue weighted by Gasteiger charge is 2.40. The van der Waals surface area contributed by atoms with Crippen molar-refractivity contribution in [3.05, 3.63) is 101 Å². The number of unbranched alkanes of at least 4 members (excludes halogenated alkanes) is 1. The summed E-state index contributed by atoms with van der Waals surface area (Å²) in [5, 5.41) is 2.98. The summed E-state index contributed by atoms with van der Waals surface area (Å²) in [5.41, 5.74) is 1.23. The molecule has 6 nitrogen and oxygen atoms in total. The molecule has 4 rings (SSSR count). The molecule has 0 saturated heterocycles. The van der Waals surface area contributed by atoms with Gasteiger partial charge in [-0.1, -0.05) is 43.3 Å². The second-order valence-electron chi connectivity index (χ2n) is 7.73. The van der Waals surface area contributed by atoms with Gasteiger partial charge in [-0.3, -0.25) is 9.59 Å². The predicted molar refractivity (Wildman–Crippen MR) is 133 cm³/mol. The summed E-state index contributed by atoms with van der Waals surface area (Å²) < 4.78 is 18.6. The molecule has 0 aliphatic carbocycles. The Morgan fingerprint density at radius 3 is 2.29 bits per heavy atom. The third-order valence-electron chi connectivity index (χ3n) is 5.21. The van der Waals surface area contributed by atoms with Crippen LogP contribution < -0.4 is 10.2 Å². The second kappa shape index (κ2) is 11.0. The van der Waals surface area contributed by atoms with Gasteiger partial charge in [-0.2, -0.15) is 0 Å². The quantitative estimate of drug-likeness (QED) is 0.233. The fourth-order valence-electron chi connectivity index (χ4n) is 3.37. The number of carbonyl (C=O) groups is 3. The fourth-order valence-corrected chi connectivity index (χ4v) is 4.32. The molecular weight excluding hydrogens is 467 g/mol. The minimum absolute atomic E-state index is 0.0958. The van der Waals surface area contributed by atoms with Gasteiger partial charge in [0.15, 0.2) is 0 Å². The molecule has 0 atom stereocenters. The van der Waals surface area contributed by atoms with E-state index in [1.807, 2.05) is 37.3 Å². The molecule has 1 N–H and O–H groups in total. The monoisotopic (exact) mass is 490 g/mol. The van der Waals surface area contributed by atoms with Crippen LogP contribution in [0.3, 0.4) is 0 Å². The number of carbonyl (C=O) groups excluding carboxylic acids is 3. The molecule has 0 saturated carbocycles. The minimum atomic E-state index is -0.545. The van der Waals surface area contributed by atoms with Crippen molar-refractivity contribution in [1.29, 1.82) is 0 Å². The Morgan fingerprint density at radius 2 is 1.63 bits per heavy atom. The first-order valence-electron chi connectivity index (χ1n) is 11.1. The van der Waals surface area contributed by atoms with E-state index in [0.29, 0.717) is 23.5 Å². The number of amides is 2. The van der Waals surface area contributed by atoms with Crippen LogP contribution in [0.5, 0.6) is 0 Å². The highest BCUT2D eigenvalue weighted by molar-refractivity contribution is 8.04. The van der Waals surface area contributed by atoms with Crippen LogP contribution in [0.2, 0.25) is 0 Å². The number of benzene rings is 3. The van der Waals surface area contributed by atoms with Crippen molar-refractivity contribution >= 4 is 40.9 Å². The average molecular weight is 491 g/mol. The van der Waals surface area contributed by atoms with E-state index < -0.39 is 23.6 Å². The summed E-state index contributed by atoms with van der Waals surface area (Å²) in [5.74, 6) is -1.91. The smallest absolute Gasteiger partial charge is 0.338 e. The van der Waals surface area contributed by atoms with Crippen molar-refractivity contribution in [3.63, 3.8) is 0 Å². The van der Waals surface area contributed by atoms with E-state index >= 15 is 0 Å². The largest absolute Gasteiger partial charge is 0.462 e. The summed E-state index contributed by atoms with van der Waals surface area (Å²) in [6.07, 6.45) is 1.69. The normalized spacial score (nSPS) is 13.4. The first kappa shape index (κ1) is 24.2. The van der Waals surface area contributed by atoms with E-state index in [1.54, 1.807) is 0 Å². The summed E-state index contributed by atoms with van der Waals surface area (Å²) in [6, 6.07) is 20.9. The van der Waals surface area contributed by atoms with Crippen molar-refractivity contribution in [2.75, 3.05) is 16.8 Å². The molecule has 2 amide bonds. The topological polar surface area (TPSA) is 75.7 Å². The lowest BCUT2D eigenvalue weighted by Gasteiger charge is -2.16. The number of ether oxygens (including phenoxy) is 1. The molecule has 3 aromatic rings. The maximum absolute atomic E-state index is 13.4. The molecule has 3 aromatic carbocycles. The number of nitrogens with zero attached hydrogens (tertiary/aromatic N) is 1. The Kier molecular flexibility index (Phi) is 7.62. The molecule has 0 fully saturated rings. The summed E-state index contributed by atoms with van der Waals surface area (Å²) >= 11 is 1.17. The van der Waals surface area contributed by atoms with Crippen molar-refractivity contribution in [1.82, 2.24) is 0 Å². The van der Waals surface area contributed by atoms with Gasteiger partial charge in [-0.15, -0.1) is 0 Å². The number of imide groups is 1. The van der Waals surface area contributed by atoms with E-state index in [2.05, 4.69) is 5.32 Å². The van der Waals surface area contributed by atoms with Crippen molar-refractivity contribution in [3.8, 4) is 0 Å². The Bertz CT molecular complexity index is 1260. The van der Waals surface area contributed by atoms with Gasteiger partial charge in [0.2, 0.25) is 0 Å². The van der Waals surface area contributed by atoms with Gasteiger partial charge >= 0.3 is 5.97 Å². The van der Waals surface area contributed by atoms with Crippen molar-refractivity contribution < 1.29 is 23.5 Å². The summed E-state index contributed by atoms with van der Waals surface area (Å²) in [6.45, 7) is 2.34. The van der Waals surface area contributed by atoms with Gasteiger partial charge in [0, 0.05) is 10.6 Å². The SMILES string of the molecule is CCCCOC(=O)c1ccc(N2C(=O)C(Nc3ccc(F)cc3)=C(Sc3ccccc3)C2=O)cc1. The highest BCUT2D eigenvalue weighted by Crippen LogP contribution is 2.37. The number of thioether (sulfide) groups is 1. The van der Waals surface area contributed by atoms with Crippen LogP contribution in [-0.4, -0.2) is 24.4 Å². The molecule has 0 bridgehead atoms. The molecule has 0 radical (unpaired) electrons. The van der Waals surface area contributed by atoms with E-state index in [0.717, 1.165) is 22.6 Å². The van der Waals surface area contributed by atoms with Gasteiger partial charge in [0.05, 0.1) is 17.9 Å². The molecule has 0 aromatic heterocycles. The maximum atomic E-state index is 13.4. The fraction of sp³-hybridized carbons (Fsp3) is 0.148. The van der Waals surface area contributed by atoms with Gasteiger partial charge in [0.25, 0.3) is 11.8 Å². The zero-order chi connectivity index (χ0) is 24.8. The molecule has 178 valence electrons. The molecule has 0 spiro atoms. The van der Waals surface area contributed by atoms with Crippen LogP contribution in [0.25, 0.3) is 0 Å². The molecular formula is C27H23FN2O4S. The van der Waals surface area contributed by atoms with E-state index in [1.165, 1.54) is 60.3 Å². The van der Waals surface area contributed by atoms with Crippen LogP contribution >= 0.6 is 11.8 Å². The van der Waals surface area contributed by atoms with Gasteiger partial charge < -0.3 is 10.1 Å². The zero-order valence-corrected chi connectivity index (χ0v) is 19.8. The number of nitrogens with one attached hydrogen (secondary N) is 1. The van der Waals surface area contributed by atoms with Crippen LogP contribution in [0.1, 0.15) is 30.1 Å². The van der Waals surface area contributed by atoms with Crippen molar-refractivity contribution in [2.45, 2.75) is 24.7 Å². The Hall–Kier alpha value is -3.91. The molecule has 1 heterocycles. The lowest BCUT2D eigenvalue weighted by Crippen LogP contribution is -2.32. The Balaban J connectivity index is 1.61. The number of esters is 1. The van der Waals surface area contributed by atoms with E-state index in [-0.39, 0.29) is 10.6 Å². The van der Waals surface area contributed by atoms with E-state index in [4.69, 9.17) is 4.74 Å². The molecule has 1 aliphatic rings. The average Bonchev–Trinajstić information content (AvgIpc) is 3.10. The lowest BCUT2D eigenvalue weighted by molar-refractivity contribution is -0.120. The van der Waals surface area contributed by atoms with Gasteiger partial charge in [0.1, 0.15) is 16.4 Å². The Morgan fingerprint density at radius 1 is 0.943 bits per heavy atom. The first-order chi connectivity index (χ1) is 17.0. The number of halogens is 1. The lowest BCUT2D eigenvalue weighted by atomic mass is 10.2. The first-order valence-corrected chi connectivity index (χ1v) is 12.0. The zero-order valence-electron chi connectivity index (χ0n) is 19.0. The Labute approximate surface area is 206 Å². The standard InChI is InChI=1S/C27H23FN2O4S/c1-2-3-17-34-27(33)18-9-15-21(16-10-18)30-25(31)23(29-20-13-11-19(28)12-14-20)24(26(30)32)35-22-7-5-4-6-8-22/h4-16,29H,2-3,17H2,1H3. The number of rotatable bonds is 9. The second-order valence-corrected chi connectivity index (χ2v) is 8.82. The molecule has 8 heteroatoms. The minimum Gasteiger partial charge on any atom is -0.462 e. The maximum Gasteiger partial charge on any atom is 0.338 e. The third kappa shape index (κ3) is 5.60. The van der Waals surface area contributed by atoms with Gasteiger partial charge in [-0.05, 0) is 67.1 Å². The van der Waals surface area contributed by atoms with Crippen LogP contribution in [0.15, 0.2) is 94.4 Å². The van der Waals surface area contributed by atoms with E-state index in [9.17, 15) is 18.8 Å². The summed E-state index contributed by atoms with van der Waals surface area (Å²) in [7, 11) is 0. The predicted octanol–water partition coefficient (Wildman–Crippen LogP) is 5.77. The molecule has 35 heavy (non-hydrogen) atoms. The number of anilines is 2. The molecule has 0 unspecified atom stereocenters. The van der Waals surface area contributed by atoms with Crippen LogP contribution in [0, 0.1) is 5.82 Å². The van der Waals surface area contributed by atoms with Crippen LogP contribution in [-0.2, 0) is 14.3 Å².